The van der Waals surface area contributed by atoms with E-state index in [0.717, 1.165) is 88.3 Å². The molecule has 0 bridgehead atoms. The first-order chi connectivity index (χ1) is 52.3. The van der Waals surface area contributed by atoms with Crippen molar-refractivity contribution in [3.8, 4) is 0 Å². The van der Waals surface area contributed by atoms with Crippen LogP contribution in [0.4, 0.5) is 0 Å². The predicted octanol–water partition coefficient (Wildman–Crippen LogP) is 18.5. The Morgan fingerprint density at radius 3 is 0.694 bits per heavy atom. The summed E-state index contributed by atoms with van der Waals surface area (Å²) in [6, 6.07) is 89.6. The van der Waals surface area contributed by atoms with Crippen molar-refractivity contribution in [2.24, 2.45) is 22.9 Å². The molecule has 560 valence electrons. The minimum Gasteiger partial charge on any atom is -0.374 e. The van der Waals surface area contributed by atoms with Crippen molar-refractivity contribution in [1.82, 2.24) is 0 Å². The molecule has 0 saturated carbocycles. The van der Waals surface area contributed by atoms with Crippen molar-refractivity contribution in [3.05, 3.63) is 334 Å². The maximum absolute atomic E-state index is 12.9. The fourth-order valence-electron chi connectivity index (χ4n) is 13.0. The number of benzene rings is 12. The quantitative estimate of drug-likeness (QED) is 0.0310. The second-order valence-corrected chi connectivity index (χ2v) is 28.9. The largest absolute Gasteiger partial charge is 0.374 e. The number of Topliss-reactive ketones (excluding diaryl/α,β-unsaturated/α-hetero) is 4. The van der Waals surface area contributed by atoms with Gasteiger partial charge in [-0.2, -0.15) is 0 Å². The summed E-state index contributed by atoms with van der Waals surface area (Å²) in [5.41, 5.74) is 36.1. The highest BCUT2D eigenvalue weighted by Gasteiger charge is 2.24. The molecule has 12 aromatic rings. The Morgan fingerprint density at radius 2 is 0.454 bits per heavy atom. The van der Waals surface area contributed by atoms with E-state index in [0.29, 0.717) is 78.3 Å². The molecule has 0 saturated heterocycles. The zero-order valence-corrected chi connectivity index (χ0v) is 64.1. The third-order valence-corrected chi connectivity index (χ3v) is 19.1. The lowest BCUT2D eigenvalue weighted by molar-refractivity contribution is -0.120. The first-order valence-electron chi connectivity index (χ1n) is 37.9. The number of rotatable bonds is 32. The number of fused-ring (bicyclic) bond motifs is 4. The van der Waals surface area contributed by atoms with E-state index in [9.17, 15) is 19.2 Å². The highest BCUT2D eigenvalue weighted by molar-refractivity contribution is 5.93. The lowest BCUT2D eigenvalue weighted by Gasteiger charge is -2.16. The van der Waals surface area contributed by atoms with E-state index in [-0.39, 0.29) is 71.2 Å². The molecule has 0 spiro atoms. The summed E-state index contributed by atoms with van der Waals surface area (Å²) in [6.07, 6.45) is 2.31. The Morgan fingerprint density at radius 1 is 0.231 bits per heavy atom. The molecule has 0 amide bonds. The van der Waals surface area contributed by atoms with Gasteiger partial charge in [-0.25, -0.2) is 0 Å². The average molecular weight is 1450 g/mol. The molecular formula is C96H108N4O8. The van der Waals surface area contributed by atoms with Gasteiger partial charge in [0, 0.05) is 51.9 Å². The Kier molecular flexibility index (Phi) is 31.9. The molecular weight excluding hydrogens is 1340 g/mol. The molecule has 0 aromatic heterocycles. The van der Waals surface area contributed by atoms with Gasteiger partial charge >= 0.3 is 0 Å². The van der Waals surface area contributed by atoms with Crippen LogP contribution in [0, 0.1) is 0 Å². The molecule has 0 aliphatic heterocycles. The van der Waals surface area contributed by atoms with Crippen LogP contribution >= 0.6 is 0 Å². The molecule has 0 radical (unpaired) electrons. The van der Waals surface area contributed by atoms with E-state index in [1.807, 2.05) is 225 Å². The molecule has 0 aliphatic rings. The van der Waals surface area contributed by atoms with Crippen molar-refractivity contribution in [1.29, 1.82) is 0 Å². The first kappa shape index (κ1) is 82.1. The number of nitrogens with two attached hydrogens (primary N) is 4. The number of hydrogen-bond donors (Lipinski definition) is 4. The molecule has 12 nitrogen and oxygen atoms in total. The molecule has 8 N–H and O–H groups in total. The second kappa shape index (κ2) is 42.0. The molecule has 4 atom stereocenters. The normalized spacial score (nSPS) is 12.4. The van der Waals surface area contributed by atoms with Crippen molar-refractivity contribution < 1.29 is 38.1 Å². The summed E-state index contributed by atoms with van der Waals surface area (Å²) >= 11 is 0. The lowest BCUT2D eigenvalue weighted by Crippen LogP contribution is -2.23. The zero-order chi connectivity index (χ0) is 76.9. The van der Waals surface area contributed by atoms with E-state index in [1.165, 1.54) is 21.5 Å². The van der Waals surface area contributed by atoms with Crippen LogP contribution in [0.1, 0.15) is 146 Å². The maximum Gasteiger partial charge on any atom is 0.145 e. The highest BCUT2D eigenvalue weighted by atomic mass is 16.5. The summed E-state index contributed by atoms with van der Waals surface area (Å²) in [6.45, 7) is 19.6. The summed E-state index contributed by atoms with van der Waals surface area (Å²) in [5.74, 6) is -0.554. The van der Waals surface area contributed by atoms with Crippen LogP contribution in [0.5, 0.6) is 0 Å². The Hall–Kier alpha value is -9.96. The van der Waals surface area contributed by atoms with Crippen LogP contribution in [-0.2, 0) is 90.2 Å². The zero-order valence-electron chi connectivity index (χ0n) is 64.1. The van der Waals surface area contributed by atoms with Crippen molar-refractivity contribution in [3.63, 3.8) is 0 Å². The number of hydrogen-bond acceptors (Lipinski definition) is 12. The predicted molar refractivity (Wildman–Crippen MR) is 443 cm³/mol. The minimum absolute atomic E-state index is 0.148. The second-order valence-electron chi connectivity index (χ2n) is 28.9. The molecule has 12 heteroatoms. The van der Waals surface area contributed by atoms with Crippen LogP contribution in [0.2, 0.25) is 0 Å². The number of carbonyl (C=O) groups excluding carboxylic acids is 4. The van der Waals surface area contributed by atoms with Crippen LogP contribution in [0.3, 0.4) is 0 Å². The summed E-state index contributed by atoms with van der Waals surface area (Å²) in [5, 5.41) is 9.35. The van der Waals surface area contributed by atoms with Gasteiger partial charge in [-0.1, -0.05) is 267 Å². The van der Waals surface area contributed by atoms with E-state index in [2.05, 4.69) is 97.1 Å². The van der Waals surface area contributed by atoms with Gasteiger partial charge in [0.2, 0.25) is 0 Å². The Labute approximate surface area is 639 Å². The molecule has 0 heterocycles. The van der Waals surface area contributed by atoms with Gasteiger partial charge in [0.25, 0.3) is 0 Å². The topological polar surface area (TPSA) is 209 Å². The van der Waals surface area contributed by atoms with Gasteiger partial charge < -0.3 is 41.9 Å². The fourth-order valence-corrected chi connectivity index (χ4v) is 13.0. The smallest absolute Gasteiger partial charge is 0.145 e. The van der Waals surface area contributed by atoms with Crippen molar-refractivity contribution >= 4 is 66.2 Å². The van der Waals surface area contributed by atoms with Gasteiger partial charge in [0.1, 0.15) is 23.1 Å². The van der Waals surface area contributed by atoms with Crippen molar-refractivity contribution in [2.75, 3.05) is 26.2 Å². The number of carbonyl (C=O) groups is 4. The SMILES string of the molecule is CC(C)OCc1ccc(C(CN)C(=O)Cc2ccc3ccccc3c2)cc1.CC(C)OCc1ccc([C@@H](CN)C(=O)Cc2ccc3ccccc3c2)cc1.CC(C)OCc1cccc(C(CN)C(=O)Cc2ccc3ccccc3c2)c1.CC(C)OCc1cccc([C@@H](CN)C(=O)Cc2ccc3ccccc3c2)c1. The van der Waals surface area contributed by atoms with Gasteiger partial charge in [-0.05, 0) is 165 Å². The fraction of sp³-hybridized carbons (Fsp3) is 0.292. The number of ether oxygens (including phenoxy) is 4. The van der Waals surface area contributed by atoms with E-state index in [1.54, 1.807) is 0 Å². The average Bonchev–Trinajstić information content (AvgIpc) is 0.820. The van der Waals surface area contributed by atoms with Gasteiger partial charge in [-0.15, -0.1) is 0 Å². The van der Waals surface area contributed by atoms with Crippen LogP contribution in [0.25, 0.3) is 43.1 Å². The molecule has 0 fully saturated rings. The third-order valence-electron chi connectivity index (χ3n) is 19.1. The maximum atomic E-state index is 12.9. The molecule has 108 heavy (non-hydrogen) atoms. The standard InChI is InChI=1S/4C24H27NO2/c2*1-17(2)27-16-19-6-5-9-22(13-19)23(15-25)24(26)14-18-10-11-20-7-3-4-8-21(20)12-18;2*1-17(2)27-16-18-7-11-21(12-8-18)23(15-25)24(26)14-19-9-10-20-5-3-4-6-22(20)13-19/h4*3-13,17,23H,14-16,25H2,1-2H3/t23-;;23-;/m1.1./s1. The molecule has 12 rings (SSSR count). The van der Waals surface area contributed by atoms with E-state index >= 15 is 0 Å². The minimum atomic E-state index is -0.296. The number of ketones is 4. The Bertz CT molecular complexity index is 4550. The summed E-state index contributed by atoms with van der Waals surface area (Å²) < 4.78 is 22.6. The molecule has 0 aliphatic carbocycles. The summed E-state index contributed by atoms with van der Waals surface area (Å²) in [7, 11) is 0. The van der Waals surface area contributed by atoms with E-state index in [4.69, 9.17) is 41.9 Å². The third kappa shape index (κ3) is 25.1. The Balaban J connectivity index is 0.000000166. The molecule has 2 unspecified atom stereocenters. The lowest BCUT2D eigenvalue weighted by atomic mass is 9.90. The summed E-state index contributed by atoms with van der Waals surface area (Å²) in [4.78, 5) is 51.6. The molecule has 12 aromatic carbocycles. The van der Waals surface area contributed by atoms with Gasteiger partial charge in [-0.3, -0.25) is 19.2 Å². The van der Waals surface area contributed by atoms with E-state index < -0.39 is 0 Å². The monoisotopic (exact) mass is 1440 g/mol. The van der Waals surface area contributed by atoms with Crippen molar-refractivity contribution in [2.45, 2.75) is 156 Å². The van der Waals surface area contributed by atoms with Crippen LogP contribution < -0.4 is 22.9 Å². The first-order valence-corrected chi connectivity index (χ1v) is 37.9. The van der Waals surface area contributed by atoms with Crippen LogP contribution in [-0.4, -0.2) is 73.7 Å². The van der Waals surface area contributed by atoms with Gasteiger partial charge in [0.05, 0.1) is 74.5 Å². The van der Waals surface area contributed by atoms with Gasteiger partial charge in [0.15, 0.2) is 0 Å². The van der Waals surface area contributed by atoms with Crippen LogP contribution in [0.15, 0.2) is 267 Å². The highest BCUT2D eigenvalue weighted by Crippen LogP contribution is 2.28.